The Bertz CT molecular complexity index is 4530. The van der Waals surface area contributed by atoms with Crippen molar-refractivity contribution >= 4 is 17.7 Å². The first kappa shape index (κ1) is 65.5. The molecule has 3 amide bonds. The highest BCUT2D eigenvalue weighted by Gasteiger charge is 2.26. The van der Waals surface area contributed by atoms with E-state index in [1.165, 1.54) is 41.6 Å². The Labute approximate surface area is 535 Å². The Morgan fingerprint density at radius 2 is 0.871 bits per heavy atom. The van der Waals surface area contributed by atoms with Crippen molar-refractivity contribution < 1.29 is 27.6 Å². The van der Waals surface area contributed by atoms with E-state index in [4.69, 9.17) is 0 Å². The van der Waals surface area contributed by atoms with Crippen LogP contribution in [0.1, 0.15) is 73.5 Å². The lowest BCUT2D eigenvalue weighted by atomic mass is 10.0. The van der Waals surface area contributed by atoms with E-state index in [9.17, 15) is 32.3 Å². The van der Waals surface area contributed by atoms with E-state index in [1.54, 1.807) is 117 Å². The molecule has 0 saturated heterocycles. The van der Waals surface area contributed by atoms with Crippen molar-refractivity contribution in [2.45, 2.75) is 46.8 Å². The van der Waals surface area contributed by atoms with Crippen LogP contribution in [0, 0.1) is 12.7 Å². The summed E-state index contributed by atoms with van der Waals surface area (Å²) in [6, 6.07) is 52.2. The molecule has 0 fully saturated rings. The standard InChI is InChI=1S/C25H20F2N4O.C24H19FN4O2.C24H20N4O.CH4/c1-25(26,27)23-12-21(10-11-30-23)18-4-2-17(3-5-18)13-31-24(32)20-8-6-19(7-9-20)22-14-28-16-29-15-22;1-29-15-19(7-9-23(29)30)20-8-2-16(12-21(20)25)13-28-24(31)18-5-3-17(4-6-18)22-14-26-10-11-27-22;1-17-12-22(10-11-27-17)19-4-2-18(3-5-19)13-28-24(29)21-8-6-20(7-9-21)23-14-25-16-26-15-23;/h2-12,14-16H,13H2,1H3,(H,31,32);2-12,14-15H,13H2,1H3,(H,28,31);2-12,14-16H,13H2,1H3,(H,28,29);1H4. The number of nitrogens with one attached hydrogen (secondary N) is 3. The summed E-state index contributed by atoms with van der Waals surface area (Å²) in [6.45, 7) is 3.82. The maximum Gasteiger partial charge on any atom is 0.286 e. The maximum atomic E-state index is 14.6. The van der Waals surface area contributed by atoms with Gasteiger partial charge in [0.2, 0.25) is 5.56 Å². The minimum absolute atomic E-state index is 0. The minimum Gasteiger partial charge on any atom is -0.348 e. The van der Waals surface area contributed by atoms with Gasteiger partial charge in [0, 0.05) is 146 Å². The number of carbonyl (C=O) groups is 3. The molecule has 0 aliphatic rings. The third-order valence-electron chi connectivity index (χ3n) is 14.6. The number of alkyl halides is 2. The molecule has 0 bridgehead atoms. The number of carbonyl (C=O) groups excluding carboxylic acids is 3. The second kappa shape index (κ2) is 31.0. The average molecular weight is 1240 g/mol. The number of amides is 3. The van der Waals surface area contributed by atoms with Crippen LogP contribution in [0.4, 0.5) is 13.2 Å². The quantitative estimate of drug-likeness (QED) is 0.0824. The molecular weight excluding hydrogens is 1180 g/mol. The van der Waals surface area contributed by atoms with Crippen LogP contribution in [0.15, 0.2) is 255 Å². The third-order valence-corrected chi connectivity index (χ3v) is 14.6. The summed E-state index contributed by atoms with van der Waals surface area (Å²) in [4.78, 5) is 81.2. The van der Waals surface area contributed by atoms with Crippen molar-refractivity contribution in [2.75, 3.05) is 0 Å². The zero-order valence-electron chi connectivity index (χ0n) is 50.1. The highest BCUT2D eigenvalue weighted by molar-refractivity contribution is 5.96. The van der Waals surface area contributed by atoms with Gasteiger partial charge < -0.3 is 20.5 Å². The van der Waals surface area contributed by atoms with E-state index < -0.39 is 11.7 Å². The molecule has 3 N–H and O–H groups in total. The first-order chi connectivity index (χ1) is 44.6. The minimum atomic E-state index is -2.99. The molecule has 6 aromatic heterocycles. The van der Waals surface area contributed by atoms with Crippen LogP contribution in [-0.4, -0.2) is 62.2 Å². The predicted octanol–water partition coefficient (Wildman–Crippen LogP) is 13.9. The number of halogens is 3. The van der Waals surface area contributed by atoms with Crippen LogP contribution in [0.5, 0.6) is 0 Å². The van der Waals surface area contributed by atoms with Crippen molar-refractivity contribution in [3.8, 4) is 66.9 Å². The van der Waals surface area contributed by atoms with E-state index in [0.29, 0.717) is 52.0 Å². The molecule has 12 aromatic rings. The number of nitrogens with zero attached hydrogens (tertiary/aromatic N) is 9. The summed E-state index contributed by atoms with van der Waals surface area (Å²) in [7, 11) is 1.62. The molecule has 0 spiro atoms. The van der Waals surface area contributed by atoms with Gasteiger partial charge in [0.25, 0.3) is 23.6 Å². The van der Waals surface area contributed by atoms with Gasteiger partial charge in [-0.15, -0.1) is 0 Å². The van der Waals surface area contributed by atoms with Gasteiger partial charge in [-0.05, 0) is 130 Å². The Kier molecular flexibility index (Phi) is 21.8. The van der Waals surface area contributed by atoms with E-state index in [0.717, 1.165) is 73.9 Å². The van der Waals surface area contributed by atoms with Gasteiger partial charge in [-0.25, -0.2) is 24.3 Å². The molecule has 0 unspecified atom stereocenters. The molecule has 6 aromatic carbocycles. The lowest BCUT2D eigenvalue weighted by molar-refractivity contribution is 0.0128. The summed E-state index contributed by atoms with van der Waals surface area (Å²) in [6.07, 6.45) is 19.5. The summed E-state index contributed by atoms with van der Waals surface area (Å²) >= 11 is 0. The van der Waals surface area contributed by atoms with Crippen LogP contribution in [0.3, 0.4) is 0 Å². The van der Waals surface area contributed by atoms with Crippen LogP contribution in [0.2, 0.25) is 0 Å². The monoisotopic (exact) mass is 1240 g/mol. The molecule has 19 heteroatoms. The van der Waals surface area contributed by atoms with E-state index in [-0.39, 0.29) is 42.9 Å². The Morgan fingerprint density at radius 3 is 1.32 bits per heavy atom. The normalized spacial score (nSPS) is 10.7. The number of benzene rings is 6. The van der Waals surface area contributed by atoms with Gasteiger partial charge in [0.15, 0.2) is 0 Å². The van der Waals surface area contributed by atoms with E-state index >= 15 is 0 Å². The van der Waals surface area contributed by atoms with Gasteiger partial charge in [-0.3, -0.25) is 39.1 Å². The molecule has 0 atom stereocenters. The SMILES string of the molecule is C.CC(F)(F)c1cc(-c2ccc(CNC(=O)c3ccc(-c4cncnc4)cc3)cc2)ccn1.Cc1cc(-c2ccc(CNC(=O)c3ccc(-c4cncnc4)cc3)cc2)ccn1.Cn1cc(-c2ccc(CNC(=O)c3ccc(-c4cnccn4)cc3)cc2F)ccc1=O. The van der Waals surface area contributed by atoms with Crippen LogP contribution >= 0.6 is 0 Å². The van der Waals surface area contributed by atoms with Gasteiger partial charge in [0.1, 0.15) is 24.2 Å². The number of pyridine rings is 3. The molecule has 6 heterocycles. The Balaban J connectivity index is 0.000000164. The molecule has 464 valence electrons. The number of hydrogen-bond acceptors (Lipinski definition) is 12. The largest absolute Gasteiger partial charge is 0.348 e. The molecule has 0 saturated carbocycles. The number of hydrogen-bond donors (Lipinski definition) is 3. The first-order valence-electron chi connectivity index (χ1n) is 28.9. The molecule has 93 heavy (non-hydrogen) atoms. The predicted molar refractivity (Wildman–Crippen MR) is 353 cm³/mol. The highest BCUT2D eigenvalue weighted by Crippen LogP contribution is 2.30. The lowest BCUT2D eigenvalue weighted by Gasteiger charge is -2.11. The summed E-state index contributed by atoms with van der Waals surface area (Å²) in [5, 5.41) is 8.66. The molecule has 0 aliphatic carbocycles. The fourth-order valence-electron chi connectivity index (χ4n) is 9.48. The van der Waals surface area contributed by atoms with Gasteiger partial charge >= 0.3 is 0 Å². The lowest BCUT2D eigenvalue weighted by Crippen LogP contribution is -2.22. The van der Waals surface area contributed by atoms with Crippen molar-refractivity contribution in [2.24, 2.45) is 7.05 Å². The van der Waals surface area contributed by atoms with Gasteiger partial charge in [-0.1, -0.05) is 104 Å². The number of rotatable bonds is 16. The average Bonchev–Trinajstić information content (AvgIpc) is 1.16. The van der Waals surface area contributed by atoms with Crippen molar-refractivity contribution in [3.05, 3.63) is 311 Å². The first-order valence-corrected chi connectivity index (χ1v) is 28.9. The second-order valence-electron chi connectivity index (χ2n) is 21.2. The fraction of sp³-hybridized carbons (Fsp3) is 0.108. The highest BCUT2D eigenvalue weighted by atomic mass is 19.3. The van der Waals surface area contributed by atoms with E-state index in [1.807, 2.05) is 92.0 Å². The molecular formula is C74H63F3N12O4. The van der Waals surface area contributed by atoms with Crippen molar-refractivity contribution in [1.82, 2.24) is 60.4 Å². The molecule has 0 radical (unpaired) electrons. The van der Waals surface area contributed by atoms with E-state index in [2.05, 4.69) is 74.0 Å². The van der Waals surface area contributed by atoms with Crippen LogP contribution in [-0.2, 0) is 32.6 Å². The number of aryl methyl sites for hydroxylation is 2. The van der Waals surface area contributed by atoms with Crippen molar-refractivity contribution in [1.29, 1.82) is 0 Å². The maximum absolute atomic E-state index is 14.6. The second-order valence-corrected chi connectivity index (χ2v) is 21.2. The summed E-state index contributed by atoms with van der Waals surface area (Å²) in [5.41, 5.74) is 14.8. The molecule has 16 nitrogen and oxygen atoms in total. The zero-order valence-corrected chi connectivity index (χ0v) is 50.1. The zero-order chi connectivity index (χ0) is 64.4. The van der Waals surface area contributed by atoms with Gasteiger partial charge in [-0.2, -0.15) is 8.78 Å². The van der Waals surface area contributed by atoms with Gasteiger partial charge in [0.05, 0.1) is 11.9 Å². The topological polar surface area (TPSA) is 212 Å². The van der Waals surface area contributed by atoms with Crippen LogP contribution in [0.25, 0.3) is 66.9 Å². The Morgan fingerprint density at radius 1 is 0.441 bits per heavy atom. The third kappa shape index (κ3) is 17.9. The number of aromatic nitrogens is 9. The van der Waals surface area contributed by atoms with Crippen LogP contribution < -0.4 is 21.5 Å². The molecule has 12 rings (SSSR count). The fourth-order valence-corrected chi connectivity index (χ4v) is 9.48. The smallest absolute Gasteiger partial charge is 0.286 e. The Hall–Kier alpha value is -12.0. The summed E-state index contributed by atoms with van der Waals surface area (Å²) < 4.78 is 43.1. The summed E-state index contributed by atoms with van der Waals surface area (Å²) in [5.74, 6) is -3.96. The van der Waals surface area contributed by atoms with Crippen molar-refractivity contribution in [3.63, 3.8) is 0 Å². The molecule has 0 aliphatic heterocycles.